The van der Waals surface area contributed by atoms with E-state index < -0.39 is 0 Å². The number of aromatic nitrogens is 5. The predicted molar refractivity (Wildman–Crippen MR) is 277 cm³/mol. The molecule has 5 heteroatoms. The van der Waals surface area contributed by atoms with Gasteiger partial charge in [-0.05, 0) is 81.2 Å². The van der Waals surface area contributed by atoms with Gasteiger partial charge in [-0.2, -0.15) is 0 Å². The zero-order chi connectivity index (χ0) is 44.7. The lowest BCUT2D eigenvalue weighted by Gasteiger charge is -2.13. The minimum atomic E-state index is 0.672. The van der Waals surface area contributed by atoms with Crippen molar-refractivity contribution < 1.29 is 0 Å². The Morgan fingerprint density at radius 3 is 1.45 bits per heavy atom. The molecule has 0 saturated heterocycles. The van der Waals surface area contributed by atoms with Crippen molar-refractivity contribution >= 4 is 32.7 Å². The highest BCUT2D eigenvalue weighted by atomic mass is 15.1. The number of hydrogen-bond donors (Lipinski definition) is 0. The Morgan fingerprint density at radius 1 is 0.358 bits per heavy atom. The smallest absolute Gasteiger partial charge is 0.160 e. The highest BCUT2D eigenvalue weighted by Crippen LogP contribution is 2.39. The predicted octanol–water partition coefficient (Wildman–Crippen LogP) is 15.7. The molecule has 0 N–H and O–H groups in total. The summed E-state index contributed by atoms with van der Waals surface area (Å²) in [6.45, 7) is 2.17. The highest BCUT2D eigenvalue weighted by molar-refractivity contribution is 6.20. The van der Waals surface area contributed by atoms with Crippen LogP contribution in [-0.2, 0) is 6.42 Å². The molecule has 0 aliphatic carbocycles. The van der Waals surface area contributed by atoms with Crippen molar-refractivity contribution in [1.82, 2.24) is 24.5 Å². The second kappa shape index (κ2) is 17.0. The van der Waals surface area contributed by atoms with E-state index in [0.717, 1.165) is 112 Å². The van der Waals surface area contributed by atoms with Gasteiger partial charge in [-0.1, -0.05) is 195 Å². The Hall–Kier alpha value is -8.80. The fourth-order valence-electron chi connectivity index (χ4n) is 9.42. The number of pyridine rings is 1. The van der Waals surface area contributed by atoms with Gasteiger partial charge in [0.05, 0.1) is 33.6 Å². The lowest BCUT2D eigenvalue weighted by molar-refractivity contribution is 0.908. The van der Waals surface area contributed by atoms with E-state index in [1.165, 1.54) is 11.1 Å². The van der Waals surface area contributed by atoms with E-state index in [9.17, 15) is 0 Å². The van der Waals surface area contributed by atoms with Crippen LogP contribution in [0.2, 0.25) is 0 Å². The SMILES string of the molecule is CCc1nc2c3c(-c4ccc(-c5ccc(-c6nc(-c7cccc(-c8ccccc8)c7)cc(-c7cccc(-c8ccccc8)c7)n6)cc5)cc4)nc4ccccc4c3ccc2n1-c1ccccc1. The summed E-state index contributed by atoms with van der Waals surface area (Å²) in [5.74, 6) is 1.70. The van der Waals surface area contributed by atoms with Gasteiger partial charge in [-0.15, -0.1) is 0 Å². The van der Waals surface area contributed by atoms with Crippen molar-refractivity contribution in [2.75, 3.05) is 0 Å². The summed E-state index contributed by atoms with van der Waals surface area (Å²) in [6.07, 6.45) is 0.804. The van der Waals surface area contributed by atoms with Gasteiger partial charge in [0.15, 0.2) is 5.82 Å². The van der Waals surface area contributed by atoms with Crippen LogP contribution < -0.4 is 0 Å². The average molecular weight is 858 g/mol. The van der Waals surface area contributed by atoms with Crippen molar-refractivity contribution in [2.24, 2.45) is 0 Å². The van der Waals surface area contributed by atoms with Gasteiger partial charge >= 0.3 is 0 Å². The summed E-state index contributed by atoms with van der Waals surface area (Å²) in [5.41, 5.74) is 17.7. The van der Waals surface area contributed by atoms with Gasteiger partial charge in [-0.3, -0.25) is 4.57 Å². The van der Waals surface area contributed by atoms with E-state index in [4.69, 9.17) is 19.9 Å². The molecule has 0 aliphatic heterocycles. The molecule has 0 unspecified atom stereocenters. The second-order valence-electron chi connectivity index (χ2n) is 16.9. The largest absolute Gasteiger partial charge is 0.296 e. The van der Waals surface area contributed by atoms with Crippen LogP contribution in [0, 0.1) is 0 Å². The molecule has 3 heterocycles. The fourth-order valence-corrected chi connectivity index (χ4v) is 9.42. The number of para-hydroxylation sites is 2. The molecular weight excluding hydrogens is 815 g/mol. The number of rotatable bonds is 9. The van der Waals surface area contributed by atoms with Gasteiger partial charge in [0, 0.05) is 45.1 Å². The first-order chi connectivity index (χ1) is 33.1. The van der Waals surface area contributed by atoms with Crippen molar-refractivity contribution in [3.63, 3.8) is 0 Å². The minimum Gasteiger partial charge on any atom is -0.296 e. The van der Waals surface area contributed by atoms with E-state index in [1.54, 1.807) is 0 Å². The molecule has 0 bridgehead atoms. The van der Waals surface area contributed by atoms with Gasteiger partial charge in [0.1, 0.15) is 5.82 Å². The van der Waals surface area contributed by atoms with Crippen molar-refractivity contribution in [3.05, 3.63) is 236 Å². The first kappa shape index (κ1) is 39.8. The minimum absolute atomic E-state index is 0.672. The maximum absolute atomic E-state index is 5.34. The Morgan fingerprint density at radius 2 is 0.851 bits per heavy atom. The monoisotopic (exact) mass is 857 g/mol. The standard InChI is InChI=1S/C62H43N5/c1-2-58-66-61-57(67(58)51-24-10-5-11-25-51)37-36-53-52-26-12-13-27-54(52)63-60(59(53)61)45-32-28-43(29-33-45)44-30-34-46(35-31-44)62-64-55(49-22-14-20-47(38-49)41-16-6-3-7-17-41)40-56(65-62)50-23-15-21-48(39-50)42-18-8-4-9-19-42/h3-40H,2H2,1H3. The lowest BCUT2D eigenvalue weighted by atomic mass is 9.96. The topological polar surface area (TPSA) is 56.5 Å². The molecule has 0 aliphatic rings. The van der Waals surface area contributed by atoms with Crippen LogP contribution in [0.5, 0.6) is 0 Å². The summed E-state index contributed by atoms with van der Waals surface area (Å²) in [4.78, 5) is 21.1. The molecule has 0 saturated carbocycles. The summed E-state index contributed by atoms with van der Waals surface area (Å²) >= 11 is 0. The normalized spacial score (nSPS) is 11.4. The number of imidazole rings is 1. The molecular formula is C62H43N5. The van der Waals surface area contributed by atoms with E-state index >= 15 is 0 Å². The molecule has 12 rings (SSSR count). The van der Waals surface area contributed by atoms with Gasteiger partial charge in [-0.25, -0.2) is 19.9 Å². The summed E-state index contributed by atoms with van der Waals surface area (Å²) < 4.78 is 2.29. The molecule has 0 amide bonds. The first-order valence-corrected chi connectivity index (χ1v) is 22.9. The number of aryl methyl sites for hydroxylation is 1. The maximum atomic E-state index is 5.34. The Balaban J connectivity index is 0.925. The molecule has 0 atom stereocenters. The molecule has 316 valence electrons. The quantitative estimate of drug-likeness (QED) is 0.136. The third kappa shape index (κ3) is 7.43. The Kier molecular flexibility index (Phi) is 10.1. The van der Waals surface area contributed by atoms with Gasteiger partial charge in [0.25, 0.3) is 0 Å². The number of fused-ring (bicyclic) bond motifs is 5. The molecule has 5 nitrogen and oxygen atoms in total. The van der Waals surface area contributed by atoms with E-state index in [-0.39, 0.29) is 0 Å². The number of benzene rings is 9. The third-order valence-electron chi connectivity index (χ3n) is 12.8. The van der Waals surface area contributed by atoms with Crippen LogP contribution in [0.3, 0.4) is 0 Å². The van der Waals surface area contributed by atoms with Crippen molar-refractivity contribution in [3.8, 4) is 84.2 Å². The summed E-state index contributed by atoms with van der Waals surface area (Å²) in [6, 6.07) is 81.1. The van der Waals surface area contributed by atoms with Crippen molar-refractivity contribution in [2.45, 2.75) is 13.3 Å². The van der Waals surface area contributed by atoms with E-state index in [1.807, 2.05) is 12.1 Å². The first-order valence-electron chi connectivity index (χ1n) is 22.9. The zero-order valence-corrected chi connectivity index (χ0v) is 36.9. The molecule has 9 aromatic carbocycles. The van der Waals surface area contributed by atoms with Crippen LogP contribution in [0.1, 0.15) is 12.7 Å². The molecule has 3 aromatic heterocycles. The van der Waals surface area contributed by atoms with Crippen molar-refractivity contribution in [1.29, 1.82) is 0 Å². The third-order valence-corrected chi connectivity index (χ3v) is 12.8. The van der Waals surface area contributed by atoms with Crippen LogP contribution in [0.15, 0.2) is 231 Å². The van der Waals surface area contributed by atoms with E-state index in [0.29, 0.717) is 5.82 Å². The summed E-state index contributed by atoms with van der Waals surface area (Å²) in [7, 11) is 0. The zero-order valence-electron chi connectivity index (χ0n) is 36.9. The van der Waals surface area contributed by atoms with Crippen LogP contribution in [0.25, 0.3) is 117 Å². The molecule has 12 aromatic rings. The average Bonchev–Trinajstić information content (AvgIpc) is 3.81. The van der Waals surface area contributed by atoms with Gasteiger partial charge < -0.3 is 0 Å². The fraction of sp³-hybridized carbons (Fsp3) is 0.0323. The Bertz CT molecular complexity index is 3650. The number of nitrogens with zero attached hydrogens (tertiary/aromatic N) is 5. The highest BCUT2D eigenvalue weighted by Gasteiger charge is 2.20. The summed E-state index contributed by atoms with van der Waals surface area (Å²) in [5, 5.41) is 3.34. The molecule has 67 heavy (non-hydrogen) atoms. The lowest BCUT2D eigenvalue weighted by Crippen LogP contribution is -1.99. The molecule has 0 fully saturated rings. The second-order valence-corrected chi connectivity index (χ2v) is 16.9. The number of hydrogen-bond acceptors (Lipinski definition) is 4. The molecule has 0 spiro atoms. The van der Waals surface area contributed by atoms with Crippen LogP contribution >= 0.6 is 0 Å². The maximum Gasteiger partial charge on any atom is 0.160 e. The van der Waals surface area contributed by atoms with Crippen LogP contribution in [0.4, 0.5) is 0 Å². The van der Waals surface area contributed by atoms with Gasteiger partial charge in [0.2, 0.25) is 0 Å². The van der Waals surface area contributed by atoms with E-state index in [2.05, 4.69) is 230 Å². The molecule has 0 radical (unpaired) electrons. The van der Waals surface area contributed by atoms with Crippen LogP contribution in [-0.4, -0.2) is 24.5 Å². The Labute approximate surface area is 389 Å².